The molecule has 1 aliphatic heterocycles. The lowest BCUT2D eigenvalue weighted by Crippen LogP contribution is -2.35. The number of aromatic nitrogens is 1. The Morgan fingerprint density at radius 1 is 1.25 bits per heavy atom. The second-order valence-corrected chi connectivity index (χ2v) is 6.65. The van der Waals surface area contributed by atoms with Gasteiger partial charge in [-0.3, -0.25) is 9.59 Å². The molecule has 1 amide bonds. The van der Waals surface area contributed by atoms with Gasteiger partial charge in [0, 0.05) is 31.4 Å². The van der Waals surface area contributed by atoms with Crippen molar-refractivity contribution in [3.05, 3.63) is 58.4 Å². The highest BCUT2D eigenvalue weighted by molar-refractivity contribution is 5.91. The van der Waals surface area contributed by atoms with Crippen LogP contribution in [0.25, 0.3) is 0 Å². The Morgan fingerprint density at radius 2 is 2.04 bits per heavy atom. The zero-order valence-electron chi connectivity index (χ0n) is 14.3. The number of furan rings is 1. The van der Waals surface area contributed by atoms with E-state index in [4.69, 9.17) is 4.42 Å². The summed E-state index contributed by atoms with van der Waals surface area (Å²) in [6, 6.07) is 8.82. The van der Waals surface area contributed by atoms with Gasteiger partial charge in [0.15, 0.2) is 5.76 Å². The summed E-state index contributed by atoms with van der Waals surface area (Å²) in [5.41, 5.74) is -0.0935. The summed E-state index contributed by atoms with van der Waals surface area (Å²) in [6.45, 7) is 3.92. The van der Waals surface area contributed by atoms with Gasteiger partial charge in [-0.05, 0) is 38.2 Å². The van der Waals surface area contributed by atoms with E-state index in [9.17, 15) is 9.59 Å². The van der Waals surface area contributed by atoms with Crippen molar-refractivity contribution in [2.75, 3.05) is 27.2 Å². The van der Waals surface area contributed by atoms with E-state index in [2.05, 4.69) is 11.8 Å². The summed E-state index contributed by atoms with van der Waals surface area (Å²) in [6.07, 6.45) is 1.70. The Balaban J connectivity index is 1.71. The Labute approximate surface area is 141 Å². The smallest absolute Gasteiger partial charge is 0.289 e. The molecule has 6 heteroatoms. The molecule has 0 spiro atoms. The van der Waals surface area contributed by atoms with Crippen molar-refractivity contribution in [3.8, 4) is 0 Å². The first-order valence-corrected chi connectivity index (χ1v) is 8.15. The fraction of sp³-hybridized carbons (Fsp3) is 0.444. The molecule has 2 aromatic heterocycles. The molecule has 0 aliphatic carbocycles. The second-order valence-electron chi connectivity index (χ2n) is 6.65. The minimum Gasteiger partial charge on any atom is -0.454 e. The quantitative estimate of drug-likeness (QED) is 0.853. The average molecular weight is 329 g/mol. The highest BCUT2D eigenvalue weighted by Crippen LogP contribution is 2.22. The van der Waals surface area contributed by atoms with Crippen LogP contribution >= 0.6 is 0 Å². The summed E-state index contributed by atoms with van der Waals surface area (Å²) < 4.78 is 7.23. The Kier molecular flexibility index (Phi) is 4.57. The molecule has 0 N–H and O–H groups in total. The molecule has 3 heterocycles. The molecule has 0 aromatic carbocycles. The van der Waals surface area contributed by atoms with Gasteiger partial charge in [0.2, 0.25) is 0 Å². The van der Waals surface area contributed by atoms with Crippen molar-refractivity contribution >= 4 is 5.91 Å². The lowest BCUT2D eigenvalue weighted by Gasteiger charge is -2.22. The molecular weight excluding hydrogens is 306 g/mol. The summed E-state index contributed by atoms with van der Waals surface area (Å²) in [7, 11) is 4.08. The predicted octanol–water partition coefficient (Wildman–Crippen LogP) is 1.51. The van der Waals surface area contributed by atoms with E-state index in [1.807, 2.05) is 19.0 Å². The highest BCUT2D eigenvalue weighted by Gasteiger charge is 2.34. The molecule has 1 aliphatic rings. The summed E-state index contributed by atoms with van der Waals surface area (Å²) in [5.74, 6) is 1.28. The van der Waals surface area contributed by atoms with Gasteiger partial charge in [0.05, 0.1) is 6.54 Å². The molecule has 2 aromatic rings. The standard InChI is InChI=1S/C18H23N3O3/c1-13-10-21(12-15(13)19(2)3)18(23)16-8-7-14(24-16)11-20-9-5-4-6-17(20)22/h4-9,13,15H,10-12H2,1-3H3. The molecule has 1 saturated heterocycles. The van der Waals surface area contributed by atoms with Crippen LogP contribution in [-0.2, 0) is 6.54 Å². The van der Waals surface area contributed by atoms with Crippen LogP contribution in [0.5, 0.6) is 0 Å². The van der Waals surface area contributed by atoms with Crippen LogP contribution in [0.1, 0.15) is 23.2 Å². The maximum absolute atomic E-state index is 12.6. The van der Waals surface area contributed by atoms with Crippen molar-refractivity contribution < 1.29 is 9.21 Å². The van der Waals surface area contributed by atoms with Gasteiger partial charge < -0.3 is 18.8 Å². The fourth-order valence-corrected chi connectivity index (χ4v) is 3.28. The third-order valence-corrected chi connectivity index (χ3v) is 4.62. The number of pyridine rings is 1. The molecule has 128 valence electrons. The maximum Gasteiger partial charge on any atom is 0.289 e. The summed E-state index contributed by atoms with van der Waals surface area (Å²) >= 11 is 0. The molecule has 2 unspecified atom stereocenters. The normalized spacial score (nSPS) is 20.8. The zero-order chi connectivity index (χ0) is 17.3. The van der Waals surface area contributed by atoms with Crippen LogP contribution in [0.4, 0.5) is 0 Å². The molecule has 0 saturated carbocycles. The van der Waals surface area contributed by atoms with Crippen molar-refractivity contribution in [2.45, 2.75) is 19.5 Å². The molecule has 3 rings (SSSR count). The van der Waals surface area contributed by atoms with Crippen LogP contribution in [0.2, 0.25) is 0 Å². The van der Waals surface area contributed by atoms with E-state index in [0.717, 1.165) is 6.54 Å². The molecule has 24 heavy (non-hydrogen) atoms. The first kappa shape index (κ1) is 16.5. The van der Waals surface area contributed by atoms with Crippen molar-refractivity contribution in [3.63, 3.8) is 0 Å². The number of likely N-dealkylation sites (tertiary alicyclic amines) is 1. The van der Waals surface area contributed by atoms with Crippen LogP contribution in [0, 0.1) is 5.92 Å². The molecule has 0 radical (unpaired) electrons. The fourth-order valence-electron chi connectivity index (χ4n) is 3.28. The third-order valence-electron chi connectivity index (χ3n) is 4.62. The van der Waals surface area contributed by atoms with E-state index in [1.165, 1.54) is 6.07 Å². The molecular formula is C18H23N3O3. The number of hydrogen-bond donors (Lipinski definition) is 0. The monoisotopic (exact) mass is 329 g/mol. The van der Waals surface area contributed by atoms with Crippen LogP contribution in [-0.4, -0.2) is 53.5 Å². The van der Waals surface area contributed by atoms with Gasteiger partial charge in [-0.15, -0.1) is 0 Å². The molecule has 0 bridgehead atoms. The summed E-state index contributed by atoms with van der Waals surface area (Å²) in [5, 5.41) is 0. The first-order chi connectivity index (χ1) is 11.5. The van der Waals surface area contributed by atoms with Crippen molar-refractivity contribution in [1.29, 1.82) is 0 Å². The zero-order valence-corrected chi connectivity index (χ0v) is 14.3. The second kappa shape index (κ2) is 6.65. The third kappa shape index (κ3) is 3.28. The minimum absolute atomic E-state index is 0.0853. The summed E-state index contributed by atoms with van der Waals surface area (Å²) in [4.78, 5) is 28.4. The molecule has 2 atom stereocenters. The topological polar surface area (TPSA) is 58.7 Å². The maximum atomic E-state index is 12.6. The number of carbonyl (C=O) groups excluding carboxylic acids is 1. The van der Waals surface area contributed by atoms with E-state index < -0.39 is 0 Å². The number of nitrogens with zero attached hydrogens (tertiary/aromatic N) is 3. The Bertz CT molecular complexity index is 778. The minimum atomic E-state index is -0.0935. The SMILES string of the molecule is CC1CN(C(=O)c2ccc(Cn3ccccc3=O)o2)CC1N(C)C. The van der Waals surface area contributed by atoms with E-state index in [0.29, 0.717) is 36.6 Å². The largest absolute Gasteiger partial charge is 0.454 e. The van der Waals surface area contributed by atoms with E-state index in [-0.39, 0.29) is 11.5 Å². The predicted molar refractivity (Wildman–Crippen MR) is 91.1 cm³/mol. The number of carbonyl (C=O) groups is 1. The van der Waals surface area contributed by atoms with Crippen LogP contribution < -0.4 is 5.56 Å². The van der Waals surface area contributed by atoms with Gasteiger partial charge in [-0.2, -0.15) is 0 Å². The average Bonchev–Trinajstić information content (AvgIpc) is 3.16. The van der Waals surface area contributed by atoms with Gasteiger partial charge in [0.1, 0.15) is 5.76 Å². The highest BCUT2D eigenvalue weighted by atomic mass is 16.4. The molecule has 6 nitrogen and oxygen atoms in total. The Morgan fingerprint density at radius 3 is 2.71 bits per heavy atom. The lowest BCUT2D eigenvalue weighted by molar-refractivity contribution is 0.0747. The van der Waals surface area contributed by atoms with E-state index in [1.54, 1.807) is 35.0 Å². The van der Waals surface area contributed by atoms with Gasteiger partial charge >= 0.3 is 0 Å². The number of hydrogen-bond acceptors (Lipinski definition) is 4. The first-order valence-electron chi connectivity index (χ1n) is 8.15. The van der Waals surface area contributed by atoms with Gasteiger partial charge in [0.25, 0.3) is 11.5 Å². The van der Waals surface area contributed by atoms with Crippen molar-refractivity contribution in [2.24, 2.45) is 5.92 Å². The van der Waals surface area contributed by atoms with Gasteiger partial charge in [-0.25, -0.2) is 0 Å². The number of amides is 1. The Hall–Kier alpha value is -2.34. The lowest BCUT2D eigenvalue weighted by atomic mass is 10.1. The van der Waals surface area contributed by atoms with Gasteiger partial charge in [-0.1, -0.05) is 13.0 Å². The van der Waals surface area contributed by atoms with Crippen molar-refractivity contribution in [1.82, 2.24) is 14.4 Å². The van der Waals surface area contributed by atoms with E-state index >= 15 is 0 Å². The number of likely N-dealkylation sites (N-methyl/N-ethyl adjacent to an activating group) is 1. The van der Waals surface area contributed by atoms with Crippen LogP contribution in [0.3, 0.4) is 0 Å². The number of rotatable bonds is 4. The van der Waals surface area contributed by atoms with Crippen LogP contribution in [0.15, 0.2) is 45.7 Å². The molecule has 1 fully saturated rings.